The molecule has 3 amide bonds. The molecule has 0 saturated heterocycles. The average molecular weight is 485 g/mol. The normalized spacial score (nSPS) is 15.5. The number of urea groups is 1. The van der Waals surface area contributed by atoms with Crippen LogP contribution in [0, 0.1) is 18.3 Å². The highest BCUT2D eigenvalue weighted by atomic mass is 79.9. The van der Waals surface area contributed by atoms with Crippen molar-refractivity contribution in [1.29, 1.82) is 5.26 Å². The standard InChI is InChI=1S/C22H21BrN4O4/c1-12-6-4-5-7-16(12)26-21(28)18-13(2)25-22(29)27-19(18)14-10-15(23)20(31-9-8-24)17(11-14)30-3/h4-7,10-11,19H,9H2,1-3H3,(H,26,28)(H2,25,27,29)/t19-/m0/s1. The fourth-order valence-corrected chi connectivity index (χ4v) is 3.87. The monoisotopic (exact) mass is 484 g/mol. The Morgan fingerprint density at radius 3 is 2.71 bits per heavy atom. The van der Waals surface area contributed by atoms with Gasteiger partial charge in [0.1, 0.15) is 6.07 Å². The smallest absolute Gasteiger partial charge is 0.319 e. The van der Waals surface area contributed by atoms with Gasteiger partial charge in [-0.3, -0.25) is 4.79 Å². The van der Waals surface area contributed by atoms with Gasteiger partial charge in [-0.25, -0.2) is 4.79 Å². The zero-order chi connectivity index (χ0) is 22.5. The number of carbonyl (C=O) groups is 2. The Kier molecular flexibility index (Phi) is 6.82. The van der Waals surface area contributed by atoms with Crippen LogP contribution in [0.5, 0.6) is 11.5 Å². The van der Waals surface area contributed by atoms with Crippen LogP contribution in [0.3, 0.4) is 0 Å². The number of hydrogen-bond acceptors (Lipinski definition) is 5. The van der Waals surface area contributed by atoms with Crippen molar-refractivity contribution < 1.29 is 19.1 Å². The predicted molar refractivity (Wildman–Crippen MR) is 119 cm³/mol. The number of nitriles is 1. The number of anilines is 1. The van der Waals surface area contributed by atoms with Crippen LogP contribution in [-0.4, -0.2) is 25.7 Å². The molecule has 1 heterocycles. The Morgan fingerprint density at radius 2 is 2.03 bits per heavy atom. The number of ether oxygens (including phenoxy) is 2. The van der Waals surface area contributed by atoms with E-state index < -0.39 is 12.1 Å². The largest absolute Gasteiger partial charge is 0.493 e. The number of nitrogens with one attached hydrogen (secondary N) is 3. The first-order valence-corrected chi connectivity index (χ1v) is 10.2. The van der Waals surface area contributed by atoms with Crippen LogP contribution >= 0.6 is 15.9 Å². The highest BCUT2D eigenvalue weighted by Crippen LogP contribution is 2.40. The summed E-state index contributed by atoms with van der Waals surface area (Å²) in [4.78, 5) is 25.4. The molecular formula is C22H21BrN4O4. The molecule has 0 spiro atoms. The molecular weight excluding hydrogens is 464 g/mol. The Bertz CT molecular complexity index is 1110. The number of allylic oxidation sites excluding steroid dienone is 1. The quantitative estimate of drug-likeness (QED) is 0.574. The van der Waals surface area contributed by atoms with E-state index in [0.717, 1.165) is 5.56 Å². The minimum Gasteiger partial charge on any atom is -0.493 e. The summed E-state index contributed by atoms with van der Waals surface area (Å²) < 4.78 is 11.4. The topological polar surface area (TPSA) is 112 Å². The maximum Gasteiger partial charge on any atom is 0.319 e. The van der Waals surface area contributed by atoms with Crippen molar-refractivity contribution in [2.75, 3.05) is 19.0 Å². The first-order valence-electron chi connectivity index (χ1n) is 9.38. The lowest BCUT2D eigenvalue weighted by atomic mass is 9.94. The molecule has 8 nitrogen and oxygen atoms in total. The number of carbonyl (C=O) groups excluding carboxylic acids is 2. The van der Waals surface area contributed by atoms with Crippen LogP contribution in [0.4, 0.5) is 10.5 Å². The molecule has 0 aromatic heterocycles. The molecule has 1 aliphatic heterocycles. The van der Waals surface area contributed by atoms with Gasteiger partial charge >= 0.3 is 6.03 Å². The van der Waals surface area contributed by atoms with E-state index in [1.807, 2.05) is 37.3 Å². The molecule has 0 fully saturated rings. The Hall–Kier alpha value is -3.51. The minimum absolute atomic E-state index is 0.151. The second kappa shape index (κ2) is 9.53. The number of rotatable bonds is 6. The first kappa shape index (κ1) is 22.2. The van der Waals surface area contributed by atoms with E-state index >= 15 is 0 Å². The van der Waals surface area contributed by atoms with Crippen molar-refractivity contribution >= 4 is 33.6 Å². The van der Waals surface area contributed by atoms with E-state index in [1.54, 1.807) is 19.1 Å². The average Bonchev–Trinajstić information content (AvgIpc) is 2.73. The minimum atomic E-state index is -0.729. The molecule has 9 heteroatoms. The second-order valence-corrected chi connectivity index (χ2v) is 7.67. The van der Waals surface area contributed by atoms with Crippen LogP contribution in [-0.2, 0) is 4.79 Å². The van der Waals surface area contributed by atoms with E-state index in [2.05, 4.69) is 31.9 Å². The first-order chi connectivity index (χ1) is 14.8. The van der Waals surface area contributed by atoms with Crippen molar-refractivity contribution in [3.05, 3.63) is 63.3 Å². The molecule has 31 heavy (non-hydrogen) atoms. The Balaban J connectivity index is 2.02. The van der Waals surface area contributed by atoms with Crippen molar-refractivity contribution in [2.24, 2.45) is 0 Å². The van der Waals surface area contributed by atoms with E-state index in [4.69, 9.17) is 14.7 Å². The molecule has 2 aromatic carbocycles. The van der Waals surface area contributed by atoms with Gasteiger partial charge in [0.15, 0.2) is 18.1 Å². The van der Waals surface area contributed by atoms with Gasteiger partial charge in [0.25, 0.3) is 5.91 Å². The molecule has 2 aromatic rings. The Labute approximate surface area is 188 Å². The van der Waals surface area contributed by atoms with Crippen molar-refractivity contribution in [2.45, 2.75) is 19.9 Å². The predicted octanol–water partition coefficient (Wildman–Crippen LogP) is 3.94. The third-order valence-electron chi connectivity index (χ3n) is 4.77. The summed E-state index contributed by atoms with van der Waals surface area (Å²) in [5.74, 6) is 0.382. The number of nitrogens with zero attached hydrogens (tertiary/aromatic N) is 1. The van der Waals surface area contributed by atoms with Crippen LogP contribution in [0.25, 0.3) is 0 Å². The number of benzene rings is 2. The molecule has 0 aliphatic carbocycles. The van der Waals surface area contributed by atoms with E-state index in [9.17, 15) is 9.59 Å². The molecule has 3 rings (SSSR count). The van der Waals surface area contributed by atoms with E-state index in [1.165, 1.54) is 7.11 Å². The number of aryl methyl sites for hydroxylation is 1. The number of para-hydroxylation sites is 1. The van der Waals surface area contributed by atoms with Crippen molar-refractivity contribution in [3.8, 4) is 17.6 Å². The van der Waals surface area contributed by atoms with Crippen LogP contribution in [0.15, 0.2) is 52.1 Å². The van der Waals surface area contributed by atoms with Crippen molar-refractivity contribution in [3.63, 3.8) is 0 Å². The SMILES string of the molecule is COc1cc([C@@H]2NC(=O)NC(C)=C2C(=O)Nc2ccccc2C)cc(Br)c1OCC#N. The number of methoxy groups -OCH3 is 1. The molecule has 0 radical (unpaired) electrons. The Morgan fingerprint density at radius 1 is 1.29 bits per heavy atom. The molecule has 0 unspecified atom stereocenters. The molecule has 0 bridgehead atoms. The highest BCUT2D eigenvalue weighted by Gasteiger charge is 2.32. The summed E-state index contributed by atoms with van der Waals surface area (Å²) in [6.07, 6.45) is 0. The molecule has 1 atom stereocenters. The highest BCUT2D eigenvalue weighted by molar-refractivity contribution is 9.10. The van der Waals surface area contributed by atoms with Gasteiger partial charge in [-0.05, 0) is 59.1 Å². The maximum absolute atomic E-state index is 13.2. The van der Waals surface area contributed by atoms with Gasteiger partial charge in [-0.1, -0.05) is 18.2 Å². The summed E-state index contributed by atoms with van der Waals surface area (Å²) in [6.45, 7) is 3.42. The van der Waals surface area contributed by atoms with Crippen LogP contribution < -0.4 is 25.4 Å². The number of halogens is 1. The lowest BCUT2D eigenvalue weighted by molar-refractivity contribution is -0.113. The third kappa shape index (κ3) is 4.81. The van der Waals surface area contributed by atoms with Crippen molar-refractivity contribution in [1.82, 2.24) is 10.6 Å². The lowest BCUT2D eigenvalue weighted by Gasteiger charge is -2.29. The maximum atomic E-state index is 13.2. The second-order valence-electron chi connectivity index (χ2n) is 6.82. The molecule has 3 N–H and O–H groups in total. The van der Waals surface area contributed by atoms with Gasteiger partial charge in [-0.2, -0.15) is 5.26 Å². The number of amides is 3. The summed E-state index contributed by atoms with van der Waals surface area (Å²) in [6, 6.07) is 11.6. The third-order valence-corrected chi connectivity index (χ3v) is 5.36. The number of hydrogen-bond donors (Lipinski definition) is 3. The van der Waals surface area contributed by atoms with Gasteiger partial charge in [0, 0.05) is 11.4 Å². The van der Waals surface area contributed by atoms with Crippen LogP contribution in [0.1, 0.15) is 24.1 Å². The lowest BCUT2D eigenvalue weighted by Crippen LogP contribution is -2.46. The summed E-state index contributed by atoms with van der Waals surface area (Å²) >= 11 is 3.43. The van der Waals surface area contributed by atoms with Gasteiger partial charge in [0.05, 0.1) is 23.2 Å². The fraction of sp³-hybridized carbons (Fsp3) is 0.227. The van der Waals surface area contributed by atoms with Gasteiger partial charge in [-0.15, -0.1) is 0 Å². The van der Waals surface area contributed by atoms with E-state index in [-0.39, 0.29) is 12.5 Å². The zero-order valence-electron chi connectivity index (χ0n) is 17.2. The van der Waals surface area contributed by atoms with Gasteiger partial charge < -0.3 is 25.4 Å². The molecule has 160 valence electrons. The summed E-state index contributed by atoms with van der Waals surface area (Å²) in [7, 11) is 1.47. The molecule has 1 aliphatic rings. The fourth-order valence-electron chi connectivity index (χ4n) is 3.30. The zero-order valence-corrected chi connectivity index (χ0v) is 18.8. The molecule has 0 saturated carbocycles. The summed E-state index contributed by atoms with van der Waals surface area (Å²) in [5.41, 5.74) is 3.02. The van der Waals surface area contributed by atoms with E-state index in [0.29, 0.717) is 38.5 Å². The van der Waals surface area contributed by atoms with Crippen LogP contribution in [0.2, 0.25) is 0 Å². The van der Waals surface area contributed by atoms with Gasteiger partial charge in [0.2, 0.25) is 0 Å². The summed E-state index contributed by atoms with van der Waals surface area (Å²) in [5, 5.41) is 17.2.